The molecule has 6 unspecified atom stereocenters. The first-order chi connectivity index (χ1) is 17.9. The number of rotatable bonds is 12. The van der Waals surface area contributed by atoms with E-state index < -0.39 is 8.67 Å². The van der Waals surface area contributed by atoms with Crippen LogP contribution in [0.2, 0.25) is 0 Å². The minimum absolute atomic E-state index is 0.0308. The van der Waals surface area contributed by atoms with E-state index in [0.717, 1.165) is 77.0 Å². The van der Waals surface area contributed by atoms with Crippen LogP contribution in [-0.2, 0) is 28.7 Å². The zero-order chi connectivity index (χ0) is 28.1. The predicted octanol–water partition coefficient (Wildman–Crippen LogP) is 7.02. The number of carbonyl (C=O) groups is 4. The Kier molecular flexibility index (Phi) is 11.7. The van der Waals surface area contributed by atoms with E-state index in [1.165, 1.54) is 13.8 Å². The minimum Gasteiger partial charge on any atom is -0.466 e. The fraction of sp³-hybridized carbons (Fsp3) is 0.857. The molecule has 0 aromatic carbocycles. The van der Waals surface area contributed by atoms with Crippen molar-refractivity contribution in [2.75, 3.05) is 13.2 Å². The summed E-state index contributed by atoms with van der Waals surface area (Å²) >= 11 is 24.1. The van der Waals surface area contributed by atoms with Crippen LogP contribution < -0.4 is 0 Å². The summed E-state index contributed by atoms with van der Waals surface area (Å²) in [5.74, 6) is 1.08. The van der Waals surface area contributed by atoms with E-state index >= 15 is 0 Å². The van der Waals surface area contributed by atoms with Crippen molar-refractivity contribution in [2.45, 2.75) is 99.6 Å². The summed E-state index contributed by atoms with van der Waals surface area (Å²) in [6.45, 7) is 3.84. The van der Waals surface area contributed by atoms with Crippen molar-refractivity contribution in [3.8, 4) is 0 Å². The third-order valence-electron chi connectivity index (χ3n) is 8.82. The second kappa shape index (κ2) is 13.9. The van der Waals surface area contributed by atoms with Crippen molar-refractivity contribution in [1.29, 1.82) is 0 Å². The fourth-order valence-corrected chi connectivity index (χ4v) is 8.32. The average molecular weight is 614 g/mol. The van der Waals surface area contributed by atoms with Gasteiger partial charge in [0.2, 0.25) is 0 Å². The average Bonchev–Trinajstić information content (AvgIpc) is 3.45. The van der Waals surface area contributed by atoms with E-state index in [4.69, 9.17) is 55.9 Å². The highest BCUT2D eigenvalue weighted by atomic mass is 35.5. The first kappa shape index (κ1) is 32.0. The molecule has 4 rings (SSSR count). The van der Waals surface area contributed by atoms with E-state index in [9.17, 15) is 19.2 Å². The SMILES string of the molecule is CC(=O)OCCCCCC1CCC2C1C(=O)C2(Cl)Cl.CC(=O)OCCCCCC1CCC2C1C(=O)C2(Cl)Cl. The molecule has 0 bridgehead atoms. The number of alkyl halides is 4. The number of halogens is 4. The molecular weight excluding hydrogens is 574 g/mol. The van der Waals surface area contributed by atoms with Crippen molar-refractivity contribution in [3.63, 3.8) is 0 Å². The maximum atomic E-state index is 11.9. The van der Waals surface area contributed by atoms with Crippen LogP contribution >= 0.6 is 46.4 Å². The molecule has 10 heteroatoms. The molecule has 6 nitrogen and oxygen atoms in total. The van der Waals surface area contributed by atoms with Crippen LogP contribution in [0.25, 0.3) is 0 Å². The smallest absolute Gasteiger partial charge is 0.302 e. The molecule has 0 saturated heterocycles. The van der Waals surface area contributed by atoms with Crippen molar-refractivity contribution in [2.24, 2.45) is 35.5 Å². The molecule has 4 aliphatic rings. The Balaban J connectivity index is 0.000000211. The van der Waals surface area contributed by atoms with Crippen LogP contribution in [-0.4, -0.2) is 45.4 Å². The molecule has 0 aliphatic heterocycles. The zero-order valence-corrected chi connectivity index (χ0v) is 25.3. The summed E-state index contributed by atoms with van der Waals surface area (Å²) in [5.41, 5.74) is 0. The normalized spacial score (nSPS) is 31.7. The lowest BCUT2D eigenvalue weighted by Crippen LogP contribution is -2.55. The van der Waals surface area contributed by atoms with Crippen molar-refractivity contribution in [3.05, 3.63) is 0 Å². The topological polar surface area (TPSA) is 86.7 Å². The highest BCUT2D eigenvalue weighted by Gasteiger charge is 2.65. The van der Waals surface area contributed by atoms with E-state index in [-0.39, 0.29) is 47.2 Å². The Morgan fingerprint density at radius 3 is 1.37 bits per heavy atom. The lowest BCUT2D eigenvalue weighted by molar-refractivity contribution is -0.142. The summed E-state index contributed by atoms with van der Waals surface area (Å²) in [5, 5.41) is 0. The minimum atomic E-state index is -1.10. The van der Waals surface area contributed by atoms with Crippen LogP contribution in [0.1, 0.15) is 90.9 Å². The van der Waals surface area contributed by atoms with E-state index in [2.05, 4.69) is 0 Å². The van der Waals surface area contributed by atoms with Gasteiger partial charge in [0, 0.05) is 37.5 Å². The van der Waals surface area contributed by atoms with Crippen molar-refractivity contribution >= 4 is 69.9 Å². The molecule has 0 radical (unpaired) electrons. The number of hydrogen-bond donors (Lipinski definition) is 0. The third kappa shape index (κ3) is 7.39. The van der Waals surface area contributed by atoms with Crippen molar-refractivity contribution < 1.29 is 28.7 Å². The number of unbranched alkanes of at least 4 members (excludes halogenated alkanes) is 4. The van der Waals surface area contributed by atoms with Gasteiger partial charge in [-0.25, -0.2) is 0 Å². The highest BCUT2D eigenvalue weighted by molar-refractivity contribution is 6.61. The lowest BCUT2D eigenvalue weighted by Gasteiger charge is -2.43. The number of carbonyl (C=O) groups excluding carboxylic acids is 4. The largest absolute Gasteiger partial charge is 0.466 e. The molecule has 0 N–H and O–H groups in total. The van der Waals surface area contributed by atoms with E-state index in [0.29, 0.717) is 25.0 Å². The van der Waals surface area contributed by atoms with Gasteiger partial charge in [0.1, 0.15) is 0 Å². The van der Waals surface area contributed by atoms with Gasteiger partial charge in [0.25, 0.3) is 0 Å². The molecule has 38 heavy (non-hydrogen) atoms. The highest BCUT2D eigenvalue weighted by Crippen LogP contribution is 2.60. The van der Waals surface area contributed by atoms with Crippen LogP contribution in [0, 0.1) is 35.5 Å². The van der Waals surface area contributed by atoms with Crippen LogP contribution in [0.3, 0.4) is 0 Å². The van der Waals surface area contributed by atoms with Crippen LogP contribution in [0.15, 0.2) is 0 Å². The summed E-state index contributed by atoms with van der Waals surface area (Å²) in [4.78, 5) is 44.9. The maximum Gasteiger partial charge on any atom is 0.302 e. The first-order valence-electron chi connectivity index (χ1n) is 14.0. The molecule has 0 aromatic heterocycles. The number of ketones is 2. The van der Waals surface area contributed by atoms with Gasteiger partial charge in [-0.1, -0.05) is 72.1 Å². The summed E-state index contributed by atoms with van der Waals surface area (Å²) in [7, 11) is 0. The van der Waals surface area contributed by atoms with Gasteiger partial charge in [-0.3, -0.25) is 19.2 Å². The van der Waals surface area contributed by atoms with Gasteiger partial charge in [-0.15, -0.1) is 0 Å². The molecule has 6 atom stereocenters. The molecule has 4 saturated carbocycles. The van der Waals surface area contributed by atoms with E-state index in [1.807, 2.05) is 0 Å². The summed E-state index contributed by atoms with van der Waals surface area (Å²) in [6, 6.07) is 0. The number of hydrogen-bond acceptors (Lipinski definition) is 6. The molecule has 4 aliphatic carbocycles. The number of Topliss-reactive ketones (excluding diaryl/α,β-unsaturated/α-hetero) is 2. The first-order valence-corrected chi connectivity index (χ1v) is 15.5. The quantitative estimate of drug-likeness (QED) is 0.134. The second-order valence-electron chi connectivity index (χ2n) is 11.3. The fourth-order valence-electron chi connectivity index (χ4n) is 6.84. The van der Waals surface area contributed by atoms with Crippen LogP contribution in [0.4, 0.5) is 0 Å². The standard InChI is InChI=1S/2C14H20Cl2O3/c2*1-9(17)19-8-4-2-3-5-10-6-7-11-12(10)13(18)14(11,15)16/h2*10-12H,2-8H2,1H3. The Labute approximate surface area is 246 Å². The Morgan fingerprint density at radius 2 is 1.03 bits per heavy atom. The molecule has 0 spiro atoms. The molecule has 216 valence electrons. The van der Waals surface area contributed by atoms with Gasteiger partial charge in [-0.05, 0) is 63.2 Å². The van der Waals surface area contributed by atoms with Crippen LogP contribution in [0.5, 0.6) is 0 Å². The molecule has 4 fully saturated rings. The summed E-state index contributed by atoms with van der Waals surface area (Å²) in [6.07, 6.45) is 12.2. The molecular formula is C28H40Cl4O6. The monoisotopic (exact) mass is 612 g/mol. The molecule has 0 heterocycles. The Bertz CT molecular complexity index is 805. The third-order valence-corrected chi connectivity index (χ3v) is 10.7. The summed E-state index contributed by atoms with van der Waals surface area (Å²) < 4.78 is 7.55. The molecule has 0 amide bonds. The maximum absolute atomic E-state index is 11.9. The number of ether oxygens (including phenoxy) is 2. The van der Waals surface area contributed by atoms with Gasteiger partial charge in [0.05, 0.1) is 13.2 Å². The Morgan fingerprint density at radius 1 is 0.658 bits per heavy atom. The molecule has 0 aromatic rings. The van der Waals surface area contributed by atoms with Gasteiger partial charge in [-0.2, -0.15) is 0 Å². The second-order valence-corrected chi connectivity index (χ2v) is 14.1. The van der Waals surface area contributed by atoms with E-state index in [1.54, 1.807) is 0 Å². The Hall–Kier alpha value is -0.560. The van der Waals surface area contributed by atoms with Gasteiger partial charge >= 0.3 is 11.9 Å². The van der Waals surface area contributed by atoms with Crippen molar-refractivity contribution in [1.82, 2.24) is 0 Å². The van der Waals surface area contributed by atoms with Gasteiger partial charge < -0.3 is 9.47 Å². The number of esters is 2. The van der Waals surface area contributed by atoms with Gasteiger partial charge in [0.15, 0.2) is 20.2 Å². The zero-order valence-electron chi connectivity index (χ0n) is 22.3. The predicted molar refractivity (Wildman–Crippen MR) is 148 cm³/mol. The lowest BCUT2D eigenvalue weighted by atomic mass is 9.69. The number of fused-ring (bicyclic) bond motifs is 2.